The Bertz CT molecular complexity index is 198. The van der Waals surface area contributed by atoms with Crippen LogP contribution in [0.3, 0.4) is 0 Å². The molecule has 0 aromatic carbocycles. The smallest absolute Gasteiger partial charge is 0.0601 e. The molecule has 0 aromatic rings. The molecule has 3 heteroatoms. The van der Waals surface area contributed by atoms with Crippen molar-refractivity contribution in [1.29, 1.82) is 0 Å². The van der Waals surface area contributed by atoms with Crippen LogP contribution in [-0.4, -0.2) is 50.3 Å². The zero-order valence-corrected chi connectivity index (χ0v) is 10.7. The first-order valence-electron chi connectivity index (χ1n) is 6.81. The molecule has 1 heterocycles. The maximum absolute atomic E-state index is 5.36. The summed E-state index contributed by atoms with van der Waals surface area (Å²) in [6.07, 6.45) is 5.77. The first-order valence-corrected chi connectivity index (χ1v) is 6.81. The minimum Gasteiger partial charge on any atom is -0.381 e. The van der Waals surface area contributed by atoms with Crippen molar-refractivity contribution in [2.75, 3.05) is 33.3 Å². The van der Waals surface area contributed by atoms with Gasteiger partial charge in [-0.05, 0) is 51.2 Å². The molecule has 1 saturated carbocycles. The Balaban J connectivity index is 1.72. The van der Waals surface area contributed by atoms with Crippen LogP contribution in [0.5, 0.6) is 0 Å². The van der Waals surface area contributed by atoms with Gasteiger partial charge in [-0.15, -0.1) is 0 Å². The van der Waals surface area contributed by atoms with Crippen LogP contribution >= 0.6 is 0 Å². The monoisotopic (exact) mass is 226 g/mol. The fraction of sp³-hybridized carbons (Fsp3) is 1.00. The van der Waals surface area contributed by atoms with Crippen molar-refractivity contribution in [3.8, 4) is 0 Å². The van der Waals surface area contributed by atoms with E-state index >= 15 is 0 Å². The number of rotatable bonds is 5. The van der Waals surface area contributed by atoms with Gasteiger partial charge >= 0.3 is 0 Å². The number of hydrogen-bond acceptors (Lipinski definition) is 3. The van der Waals surface area contributed by atoms with E-state index in [-0.39, 0.29) is 0 Å². The van der Waals surface area contributed by atoms with E-state index in [4.69, 9.17) is 4.74 Å². The second-order valence-corrected chi connectivity index (χ2v) is 5.28. The number of ether oxygens (including phenoxy) is 1. The summed E-state index contributed by atoms with van der Waals surface area (Å²) in [4.78, 5) is 2.66. The van der Waals surface area contributed by atoms with Gasteiger partial charge in [-0.3, -0.25) is 0 Å². The summed E-state index contributed by atoms with van der Waals surface area (Å²) in [5.41, 5.74) is 0. The third kappa shape index (κ3) is 2.96. The Labute approximate surface area is 99.5 Å². The Kier molecular flexibility index (Phi) is 4.62. The minimum atomic E-state index is 0.531. The van der Waals surface area contributed by atoms with Crippen molar-refractivity contribution in [2.45, 2.75) is 44.8 Å². The van der Waals surface area contributed by atoms with E-state index in [1.54, 1.807) is 0 Å². The molecule has 2 fully saturated rings. The molecule has 2 aliphatic rings. The SMILES string of the molecule is CCN(CC1CCCNC1)C1CC(OC)C1. The highest BCUT2D eigenvalue weighted by Gasteiger charge is 2.33. The van der Waals surface area contributed by atoms with Crippen molar-refractivity contribution in [3.05, 3.63) is 0 Å². The number of methoxy groups -OCH3 is 1. The van der Waals surface area contributed by atoms with Crippen LogP contribution in [0.1, 0.15) is 32.6 Å². The molecule has 0 spiro atoms. The molecular formula is C13H26N2O. The molecule has 3 nitrogen and oxygen atoms in total. The molecule has 0 amide bonds. The van der Waals surface area contributed by atoms with E-state index in [0.717, 1.165) is 12.0 Å². The second-order valence-electron chi connectivity index (χ2n) is 5.28. The number of piperidine rings is 1. The van der Waals surface area contributed by atoms with Gasteiger partial charge in [0.05, 0.1) is 6.10 Å². The average molecular weight is 226 g/mol. The van der Waals surface area contributed by atoms with Crippen LogP contribution in [0, 0.1) is 5.92 Å². The highest BCUT2D eigenvalue weighted by Crippen LogP contribution is 2.28. The average Bonchev–Trinajstić information content (AvgIpc) is 2.27. The van der Waals surface area contributed by atoms with Gasteiger partial charge in [-0.1, -0.05) is 6.92 Å². The fourth-order valence-electron chi connectivity index (χ4n) is 2.98. The van der Waals surface area contributed by atoms with Crippen molar-refractivity contribution in [2.24, 2.45) is 5.92 Å². The minimum absolute atomic E-state index is 0.531. The summed E-state index contributed by atoms with van der Waals surface area (Å²) in [5, 5.41) is 3.51. The van der Waals surface area contributed by atoms with Crippen molar-refractivity contribution in [3.63, 3.8) is 0 Å². The Morgan fingerprint density at radius 2 is 2.19 bits per heavy atom. The molecule has 94 valence electrons. The van der Waals surface area contributed by atoms with Crippen LogP contribution in [0.25, 0.3) is 0 Å². The van der Waals surface area contributed by atoms with Gasteiger partial charge in [0.2, 0.25) is 0 Å². The van der Waals surface area contributed by atoms with Gasteiger partial charge in [-0.25, -0.2) is 0 Å². The van der Waals surface area contributed by atoms with Crippen LogP contribution in [0.15, 0.2) is 0 Å². The predicted octanol–water partition coefficient (Wildman–Crippen LogP) is 1.49. The molecular weight excluding hydrogens is 200 g/mol. The molecule has 1 saturated heterocycles. The lowest BCUT2D eigenvalue weighted by Crippen LogP contribution is -2.50. The molecule has 1 aliphatic carbocycles. The van der Waals surface area contributed by atoms with Gasteiger partial charge in [-0.2, -0.15) is 0 Å². The zero-order chi connectivity index (χ0) is 11.4. The van der Waals surface area contributed by atoms with E-state index in [1.807, 2.05) is 7.11 Å². The molecule has 0 bridgehead atoms. The largest absolute Gasteiger partial charge is 0.381 e. The summed E-state index contributed by atoms with van der Waals surface area (Å²) in [6, 6.07) is 0.789. The van der Waals surface area contributed by atoms with Crippen molar-refractivity contribution >= 4 is 0 Å². The lowest BCUT2D eigenvalue weighted by Gasteiger charge is -2.43. The summed E-state index contributed by atoms with van der Waals surface area (Å²) in [6.45, 7) is 7.20. The molecule has 1 unspecified atom stereocenters. The van der Waals surface area contributed by atoms with Gasteiger partial charge < -0.3 is 15.0 Å². The molecule has 16 heavy (non-hydrogen) atoms. The highest BCUT2D eigenvalue weighted by molar-refractivity contribution is 4.88. The van der Waals surface area contributed by atoms with Crippen LogP contribution in [0.4, 0.5) is 0 Å². The van der Waals surface area contributed by atoms with Crippen molar-refractivity contribution in [1.82, 2.24) is 10.2 Å². The summed E-state index contributed by atoms with van der Waals surface area (Å²) >= 11 is 0. The molecule has 2 rings (SSSR count). The quantitative estimate of drug-likeness (QED) is 0.768. The van der Waals surface area contributed by atoms with Gasteiger partial charge in [0.15, 0.2) is 0 Å². The summed E-state index contributed by atoms with van der Waals surface area (Å²) < 4.78 is 5.36. The Morgan fingerprint density at radius 1 is 1.38 bits per heavy atom. The molecule has 1 N–H and O–H groups in total. The molecule has 0 radical (unpaired) electrons. The normalized spacial score (nSPS) is 35.1. The van der Waals surface area contributed by atoms with E-state index in [2.05, 4.69) is 17.1 Å². The lowest BCUT2D eigenvalue weighted by molar-refractivity contribution is -0.0305. The predicted molar refractivity (Wildman–Crippen MR) is 66.7 cm³/mol. The van der Waals surface area contributed by atoms with Crippen molar-refractivity contribution < 1.29 is 4.74 Å². The number of nitrogens with one attached hydrogen (secondary N) is 1. The van der Waals surface area contributed by atoms with Gasteiger partial charge in [0.25, 0.3) is 0 Å². The van der Waals surface area contributed by atoms with E-state index < -0.39 is 0 Å². The third-order valence-corrected chi connectivity index (χ3v) is 4.22. The first-order chi connectivity index (χ1) is 7.83. The van der Waals surface area contributed by atoms with Crippen LogP contribution in [0.2, 0.25) is 0 Å². The molecule has 1 aliphatic heterocycles. The van der Waals surface area contributed by atoms with Crippen LogP contribution < -0.4 is 5.32 Å². The third-order valence-electron chi connectivity index (χ3n) is 4.22. The zero-order valence-electron chi connectivity index (χ0n) is 10.7. The lowest BCUT2D eigenvalue weighted by atomic mass is 9.86. The topological polar surface area (TPSA) is 24.5 Å². The van der Waals surface area contributed by atoms with Gasteiger partial charge in [0, 0.05) is 19.7 Å². The maximum atomic E-state index is 5.36. The first kappa shape index (κ1) is 12.3. The second kappa shape index (κ2) is 5.99. The Morgan fingerprint density at radius 3 is 2.75 bits per heavy atom. The molecule has 1 atom stereocenters. The summed E-state index contributed by atoms with van der Waals surface area (Å²) in [7, 11) is 1.84. The molecule has 0 aromatic heterocycles. The van der Waals surface area contributed by atoms with Gasteiger partial charge in [0.1, 0.15) is 0 Å². The van der Waals surface area contributed by atoms with Crippen LogP contribution in [-0.2, 0) is 4.74 Å². The highest BCUT2D eigenvalue weighted by atomic mass is 16.5. The standard InChI is InChI=1S/C13H26N2O/c1-3-15(12-7-13(8-12)16-2)10-11-5-4-6-14-9-11/h11-14H,3-10H2,1-2H3. The number of hydrogen-bond donors (Lipinski definition) is 1. The fourth-order valence-corrected chi connectivity index (χ4v) is 2.98. The maximum Gasteiger partial charge on any atom is 0.0601 e. The number of nitrogens with zero attached hydrogens (tertiary/aromatic N) is 1. The van der Waals surface area contributed by atoms with E-state index in [9.17, 15) is 0 Å². The van der Waals surface area contributed by atoms with E-state index in [0.29, 0.717) is 6.10 Å². The van der Waals surface area contributed by atoms with E-state index in [1.165, 1.54) is 51.9 Å². The summed E-state index contributed by atoms with van der Waals surface area (Å²) in [5.74, 6) is 0.871. The Hall–Kier alpha value is -0.120.